The summed E-state index contributed by atoms with van der Waals surface area (Å²) in [5.74, 6) is -0.161. The lowest BCUT2D eigenvalue weighted by Crippen LogP contribution is -2.26. The van der Waals surface area contributed by atoms with Crippen molar-refractivity contribution in [1.82, 2.24) is 29.6 Å². The van der Waals surface area contributed by atoms with E-state index in [-0.39, 0.29) is 11.9 Å². The summed E-state index contributed by atoms with van der Waals surface area (Å²) in [6.45, 7) is 2.65. The quantitative estimate of drug-likeness (QED) is 0.582. The fourth-order valence-corrected chi connectivity index (χ4v) is 2.95. The zero-order valence-corrected chi connectivity index (χ0v) is 14.7. The second-order valence-corrected chi connectivity index (χ2v) is 6.42. The van der Waals surface area contributed by atoms with E-state index in [2.05, 4.69) is 32.5 Å². The standard InChI is InChI=1S/C19H20N6O/c1-13(15-9-21-25(11-15)10-14-6-4-3-5-7-14)22-19(26)16-8-17-18(23-16)20-12-24(17)2/h3-9,11-13,23H,10H2,1-2H3,(H,22,26). The van der Waals surface area contributed by atoms with Crippen molar-refractivity contribution in [2.24, 2.45) is 7.05 Å². The number of rotatable bonds is 5. The van der Waals surface area contributed by atoms with Gasteiger partial charge in [-0.1, -0.05) is 30.3 Å². The molecule has 0 aliphatic rings. The van der Waals surface area contributed by atoms with Crippen molar-refractivity contribution in [2.75, 3.05) is 0 Å². The van der Waals surface area contributed by atoms with Crippen LogP contribution >= 0.6 is 0 Å². The second-order valence-electron chi connectivity index (χ2n) is 6.42. The van der Waals surface area contributed by atoms with Crippen LogP contribution in [0, 0.1) is 0 Å². The molecule has 0 saturated carbocycles. The molecule has 4 rings (SSSR count). The average Bonchev–Trinajstić information content (AvgIpc) is 3.34. The van der Waals surface area contributed by atoms with Gasteiger partial charge in [-0.25, -0.2) is 4.98 Å². The summed E-state index contributed by atoms with van der Waals surface area (Å²) >= 11 is 0. The smallest absolute Gasteiger partial charge is 0.268 e. The molecule has 0 bridgehead atoms. The van der Waals surface area contributed by atoms with Crippen LogP contribution in [0.5, 0.6) is 0 Å². The first kappa shape index (κ1) is 16.1. The second kappa shape index (κ2) is 6.51. The van der Waals surface area contributed by atoms with Crippen molar-refractivity contribution >= 4 is 17.1 Å². The Hall–Kier alpha value is -3.35. The number of fused-ring (bicyclic) bond motifs is 1. The van der Waals surface area contributed by atoms with Crippen LogP contribution in [0.3, 0.4) is 0 Å². The maximum absolute atomic E-state index is 12.5. The molecule has 132 valence electrons. The number of aromatic amines is 1. The van der Waals surface area contributed by atoms with Crippen molar-refractivity contribution in [2.45, 2.75) is 19.5 Å². The highest BCUT2D eigenvalue weighted by Gasteiger charge is 2.16. The van der Waals surface area contributed by atoms with Crippen LogP contribution in [-0.2, 0) is 13.6 Å². The summed E-state index contributed by atoms with van der Waals surface area (Å²) in [7, 11) is 1.90. The van der Waals surface area contributed by atoms with E-state index in [0.717, 1.165) is 11.1 Å². The summed E-state index contributed by atoms with van der Waals surface area (Å²) in [4.78, 5) is 19.8. The molecule has 3 aromatic heterocycles. The van der Waals surface area contributed by atoms with Crippen molar-refractivity contribution in [3.05, 3.63) is 71.9 Å². The topological polar surface area (TPSA) is 80.5 Å². The molecule has 1 aromatic carbocycles. The summed E-state index contributed by atoms with van der Waals surface area (Å²) in [6, 6.07) is 11.8. The number of nitrogens with zero attached hydrogens (tertiary/aromatic N) is 4. The van der Waals surface area contributed by atoms with E-state index in [9.17, 15) is 4.79 Å². The van der Waals surface area contributed by atoms with Gasteiger partial charge in [0.15, 0.2) is 5.65 Å². The molecule has 0 saturated heterocycles. The van der Waals surface area contributed by atoms with Gasteiger partial charge in [0.1, 0.15) is 5.69 Å². The Labute approximate surface area is 150 Å². The van der Waals surface area contributed by atoms with Gasteiger partial charge >= 0.3 is 0 Å². The van der Waals surface area contributed by atoms with Crippen molar-refractivity contribution in [1.29, 1.82) is 0 Å². The van der Waals surface area contributed by atoms with Gasteiger partial charge in [-0.2, -0.15) is 5.10 Å². The number of benzene rings is 1. The molecule has 0 spiro atoms. The zero-order valence-electron chi connectivity index (χ0n) is 14.7. The fraction of sp³-hybridized carbons (Fsp3) is 0.211. The SMILES string of the molecule is CC(NC(=O)c1cc2c(ncn2C)[nH]1)c1cnn(Cc2ccccc2)c1. The number of aryl methyl sites for hydroxylation is 1. The van der Waals surface area contributed by atoms with Crippen LogP contribution in [0.25, 0.3) is 11.2 Å². The van der Waals surface area contributed by atoms with Gasteiger partial charge in [0.2, 0.25) is 0 Å². The summed E-state index contributed by atoms with van der Waals surface area (Å²) in [6.07, 6.45) is 5.47. The van der Waals surface area contributed by atoms with Crippen LogP contribution in [-0.4, -0.2) is 30.2 Å². The highest BCUT2D eigenvalue weighted by Crippen LogP contribution is 2.16. The van der Waals surface area contributed by atoms with Crippen LogP contribution in [0.1, 0.15) is 34.6 Å². The summed E-state index contributed by atoms with van der Waals surface area (Å²) < 4.78 is 3.75. The Morgan fingerprint density at radius 3 is 2.88 bits per heavy atom. The Morgan fingerprint density at radius 2 is 2.12 bits per heavy atom. The Kier molecular flexibility index (Phi) is 4.04. The highest BCUT2D eigenvalue weighted by atomic mass is 16.1. The number of amides is 1. The third-order valence-corrected chi connectivity index (χ3v) is 4.45. The molecule has 0 aliphatic heterocycles. The lowest BCUT2D eigenvalue weighted by molar-refractivity contribution is 0.0935. The molecule has 26 heavy (non-hydrogen) atoms. The van der Waals surface area contributed by atoms with E-state index in [4.69, 9.17) is 0 Å². The number of carbonyl (C=O) groups excluding carboxylic acids is 1. The van der Waals surface area contributed by atoms with Crippen LogP contribution in [0.4, 0.5) is 0 Å². The van der Waals surface area contributed by atoms with Crippen molar-refractivity contribution in [3.8, 4) is 0 Å². The molecular formula is C19H20N6O. The average molecular weight is 348 g/mol. The molecule has 1 amide bonds. The Balaban J connectivity index is 1.44. The van der Waals surface area contributed by atoms with Gasteiger partial charge in [-0.15, -0.1) is 0 Å². The van der Waals surface area contributed by atoms with E-state index in [1.807, 2.05) is 53.7 Å². The van der Waals surface area contributed by atoms with E-state index in [0.29, 0.717) is 17.9 Å². The first-order valence-corrected chi connectivity index (χ1v) is 8.47. The molecular weight excluding hydrogens is 328 g/mol. The first-order chi connectivity index (χ1) is 12.6. The van der Waals surface area contributed by atoms with Gasteiger partial charge in [-0.3, -0.25) is 9.48 Å². The van der Waals surface area contributed by atoms with Gasteiger partial charge in [-0.05, 0) is 18.6 Å². The van der Waals surface area contributed by atoms with E-state index in [1.54, 1.807) is 12.5 Å². The zero-order chi connectivity index (χ0) is 18.1. The minimum absolute atomic E-state index is 0.147. The van der Waals surface area contributed by atoms with Crippen LogP contribution < -0.4 is 5.32 Å². The number of H-pyrrole nitrogens is 1. The molecule has 4 aromatic rings. The van der Waals surface area contributed by atoms with Crippen LogP contribution in [0.15, 0.2) is 55.1 Å². The molecule has 0 aliphatic carbocycles. The normalized spacial score (nSPS) is 12.4. The minimum atomic E-state index is -0.161. The van der Waals surface area contributed by atoms with Gasteiger partial charge in [0.05, 0.1) is 30.6 Å². The molecule has 1 unspecified atom stereocenters. The Morgan fingerprint density at radius 1 is 1.31 bits per heavy atom. The number of imidazole rings is 1. The first-order valence-electron chi connectivity index (χ1n) is 8.47. The molecule has 3 heterocycles. The Bertz CT molecular complexity index is 1040. The van der Waals surface area contributed by atoms with Crippen molar-refractivity contribution < 1.29 is 4.79 Å². The lowest BCUT2D eigenvalue weighted by Gasteiger charge is -2.11. The molecule has 7 nitrogen and oxygen atoms in total. The van der Waals surface area contributed by atoms with Crippen LogP contribution in [0.2, 0.25) is 0 Å². The number of aromatic nitrogens is 5. The molecule has 2 N–H and O–H groups in total. The van der Waals surface area contributed by atoms with E-state index >= 15 is 0 Å². The molecule has 1 atom stereocenters. The molecule has 7 heteroatoms. The third kappa shape index (κ3) is 3.11. The van der Waals surface area contributed by atoms with Gasteiger partial charge < -0.3 is 14.9 Å². The lowest BCUT2D eigenvalue weighted by atomic mass is 10.2. The summed E-state index contributed by atoms with van der Waals surface area (Å²) in [5, 5.41) is 7.39. The molecule has 0 fully saturated rings. The number of hydrogen-bond acceptors (Lipinski definition) is 3. The van der Waals surface area contributed by atoms with E-state index in [1.165, 1.54) is 5.56 Å². The monoisotopic (exact) mass is 348 g/mol. The largest absolute Gasteiger partial charge is 0.344 e. The number of carbonyl (C=O) groups is 1. The number of nitrogens with one attached hydrogen (secondary N) is 2. The summed E-state index contributed by atoms with van der Waals surface area (Å²) in [5.41, 5.74) is 4.26. The predicted molar refractivity (Wildman–Crippen MR) is 98.7 cm³/mol. The fourth-order valence-electron chi connectivity index (χ4n) is 2.95. The van der Waals surface area contributed by atoms with E-state index < -0.39 is 0 Å². The third-order valence-electron chi connectivity index (χ3n) is 4.45. The predicted octanol–water partition coefficient (Wildman–Crippen LogP) is 2.64. The molecule has 0 radical (unpaired) electrons. The minimum Gasteiger partial charge on any atom is -0.344 e. The number of hydrogen-bond donors (Lipinski definition) is 2. The highest BCUT2D eigenvalue weighted by molar-refractivity contribution is 5.96. The van der Waals surface area contributed by atoms with Gasteiger partial charge in [0.25, 0.3) is 5.91 Å². The van der Waals surface area contributed by atoms with Gasteiger partial charge in [0, 0.05) is 18.8 Å². The maximum atomic E-state index is 12.5. The van der Waals surface area contributed by atoms with Crippen molar-refractivity contribution in [3.63, 3.8) is 0 Å². The maximum Gasteiger partial charge on any atom is 0.268 e.